The molecule has 16 heavy (non-hydrogen) atoms. The van der Waals surface area contributed by atoms with E-state index in [1.165, 1.54) is 4.88 Å². The highest BCUT2D eigenvalue weighted by molar-refractivity contribution is 7.16. The maximum absolute atomic E-state index is 5.91. The second kappa shape index (κ2) is 8.07. The van der Waals surface area contributed by atoms with Crippen LogP contribution in [-0.4, -0.2) is 25.8 Å². The molecule has 92 valence electrons. The predicted octanol–water partition coefficient (Wildman–Crippen LogP) is 3.35. The Morgan fingerprint density at radius 1 is 1.44 bits per heavy atom. The minimum Gasteiger partial charge on any atom is -0.380 e. The average molecular weight is 262 g/mol. The number of likely N-dealkylation sites (N-methyl/N-ethyl adjacent to an activating group) is 1. The van der Waals surface area contributed by atoms with Crippen molar-refractivity contribution in [3.05, 3.63) is 21.3 Å². The molecule has 1 rings (SSSR count). The number of ether oxygens (including phenoxy) is 1. The lowest BCUT2D eigenvalue weighted by molar-refractivity contribution is 0.112. The van der Waals surface area contributed by atoms with Gasteiger partial charge in [-0.2, -0.15) is 0 Å². The molecule has 1 N–H and O–H groups in total. The van der Waals surface area contributed by atoms with Gasteiger partial charge in [-0.05, 0) is 31.5 Å². The fourth-order valence-corrected chi connectivity index (χ4v) is 2.72. The van der Waals surface area contributed by atoms with Crippen LogP contribution in [0.4, 0.5) is 0 Å². The lowest BCUT2D eigenvalue weighted by Crippen LogP contribution is -2.35. The minimum atomic E-state index is 0.395. The van der Waals surface area contributed by atoms with Crippen LogP contribution in [0, 0.1) is 0 Å². The van der Waals surface area contributed by atoms with Gasteiger partial charge >= 0.3 is 0 Å². The van der Waals surface area contributed by atoms with E-state index in [4.69, 9.17) is 16.3 Å². The zero-order valence-electron chi connectivity index (χ0n) is 9.96. The van der Waals surface area contributed by atoms with Crippen molar-refractivity contribution in [3.8, 4) is 0 Å². The first kappa shape index (κ1) is 14.0. The summed E-state index contributed by atoms with van der Waals surface area (Å²) in [6.07, 6.45) is 2.07. The van der Waals surface area contributed by atoms with Crippen molar-refractivity contribution in [2.45, 2.75) is 32.7 Å². The first-order valence-electron chi connectivity index (χ1n) is 5.81. The molecule has 0 aliphatic heterocycles. The predicted molar refractivity (Wildman–Crippen MR) is 71.6 cm³/mol. The molecule has 1 unspecified atom stereocenters. The molecule has 1 atom stereocenters. The standard InChI is InChI=1S/C12H20ClNOS/c1-3-7-15-9-10(14-4-2)8-11-5-6-12(13)16-11/h5-6,10,14H,3-4,7-9H2,1-2H3. The Kier molecular flexibility index (Phi) is 7.05. The Morgan fingerprint density at radius 2 is 2.25 bits per heavy atom. The largest absolute Gasteiger partial charge is 0.380 e. The molecule has 0 aliphatic carbocycles. The van der Waals surface area contributed by atoms with Crippen LogP contribution in [0.1, 0.15) is 25.1 Å². The number of hydrogen-bond donors (Lipinski definition) is 1. The zero-order chi connectivity index (χ0) is 11.8. The molecule has 0 spiro atoms. The summed E-state index contributed by atoms with van der Waals surface area (Å²) in [6.45, 7) is 6.83. The van der Waals surface area contributed by atoms with Crippen molar-refractivity contribution >= 4 is 22.9 Å². The molecular weight excluding hydrogens is 242 g/mol. The van der Waals surface area contributed by atoms with Crippen LogP contribution in [0.2, 0.25) is 4.34 Å². The molecule has 0 radical (unpaired) electrons. The molecule has 1 aromatic rings. The summed E-state index contributed by atoms with van der Waals surface area (Å²) in [5.74, 6) is 0. The van der Waals surface area contributed by atoms with Crippen LogP contribution in [0.3, 0.4) is 0 Å². The summed E-state index contributed by atoms with van der Waals surface area (Å²) < 4.78 is 6.45. The lowest BCUT2D eigenvalue weighted by Gasteiger charge is -2.16. The Balaban J connectivity index is 2.37. The van der Waals surface area contributed by atoms with Crippen LogP contribution < -0.4 is 5.32 Å². The number of nitrogens with one attached hydrogen (secondary N) is 1. The highest BCUT2D eigenvalue weighted by atomic mass is 35.5. The normalized spacial score (nSPS) is 12.9. The van der Waals surface area contributed by atoms with Gasteiger partial charge in [0.1, 0.15) is 0 Å². The van der Waals surface area contributed by atoms with E-state index in [2.05, 4.69) is 25.2 Å². The lowest BCUT2D eigenvalue weighted by atomic mass is 10.2. The van der Waals surface area contributed by atoms with Crippen molar-refractivity contribution in [2.24, 2.45) is 0 Å². The maximum Gasteiger partial charge on any atom is 0.0931 e. The average Bonchev–Trinajstić information content (AvgIpc) is 2.65. The first-order chi connectivity index (χ1) is 7.76. The van der Waals surface area contributed by atoms with E-state index in [1.54, 1.807) is 11.3 Å². The molecule has 0 amide bonds. The van der Waals surface area contributed by atoms with E-state index in [0.717, 1.165) is 36.9 Å². The molecule has 0 fully saturated rings. The van der Waals surface area contributed by atoms with Gasteiger partial charge in [-0.1, -0.05) is 25.4 Å². The van der Waals surface area contributed by atoms with Crippen molar-refractivity contribution in [3.63, 3.8) is 0 Å². The van der Waals surface area contributed by atoms with Crippen molar-refractivity contribution in [1.82, 2.24) is 5.32 Å². The molecule has 0 bridgehead atoms. The quantitative estimate of drug-likeness (QED) is 0.725. The van der Waals surface area contributed by atoms with E-state index in [1.807, 2.05) is 6.07 Å². The summed E-state index contributed by atoms with van der Waals surface area (Å²) in [6, 6.07) is 4.44. The Bertz CT molecular complexity index is 290. The molecule has 4 heteroatoms. The second-order valence-electron chi connectivity index (χ2n) is 3.74. The zero-order valence-corrected chi connectivity index (χ0v) is 11.5. The van der Waals surface area contributed by atoms with Crippen molar-refractivity contribution in [1.29, 1.82) is 0 Å². The number of halogens is 1. The molecule has 0 aliphatic rings. The number of thiophene rings is 1. The molecule has 2 nitrogen and oxygen atoms in total. The van der Waals surface area contributed by atoms with Gasteiger partial charge in [0.05, 0.1) is 10.9 Å². The van der Waals surface area contributed by atoms with Gasteiger partial charge in [0, 0.05) is 17.5 Å². The second-order valence-corrected chi connectivity index (χ2v) is 5.54. The Hall–Kier alpha value is -0.0900. The van der Waals surface area contributed by atoms with Crippen LogP contribution in [-0.2, 0) is 11.2 Å². The summed E-state index contributed by atoms with van der Waals surface area (Å²) in [5, 5.41) is 3.44. The van der Waals surface area contributed by atoms with Gasteiger partial charge in [-0.25, -0.2) is 0 Å². The maximum atomic E-state index is 5.91. The molecule has 1 heterocycles. The molecule has 0 saturated heterocycles. The van der Waals surface area contributed by atoms with E-state index < -0.39 is 0 Å². The van der Waals surface area contributed by atoms with Crippen LogP contribution >= 0.6 is 22.9 Å². The third kappa shape index (κ3) is 5.30. The summed E-state index contributed by atoms with van der Waals surface area (Å²) in [5.41, 5.74) is 0. The van der Waals surface area contributed by atoms with Gasteiger partial charge in [0.2, 0.25) is 0 Å². The van der Waals surface area contributed by atoms with E-state index in [9.17, 15) is 0 Å². The molecule has 0 aromatic carbocycles. The topological polar surface area (TPSA) is 21.3 Å². The van der Waals surface area contributed by atoms with Crippen LogP contribution in [0.15, 0.2) is 12.1 Å². The van der Waals surface area contributed by atoms with Crippen molar-refractivity contribution in [2.75, 3.05) is 19.8 Å². The summed E-state index contributed by atoms with van der Waals surface area (Å²) in [4.78, 5) is 1.32. The molecule has 0 saturated carbocycles. The Morgan fingerprint density at radius 3 is 2.81 bits per heavy atom. The number of hydrogen-bond acceptors (Lipinski definition) is 3. The van der Waals surface area contributed by atoms with Gasteiger partial charge in [-0.15, -0.1) is 11.3 Å². The minimum absolute atomic E-state index is 0.395. The number of rotatable bonds is 8. The summed E-state index contributed by atoms with van der Waals surface area (Å²) in [7, 11) is 0. The first-order valence-corrected chi connectivity index (χ1v) is 7.01. The smallest absolute Gasteiger partial charge is 0.0931 e. The molecule has 1 aromatic heterocycles. The third-order valence-electron chi connectivity index (χ3n) is 2.24. The van der Waals surface area contributed by atoms with Gasteiger partial charge in [0.15, 0.2) is 0 Å². The van der Waals surface area contributed by atoms with E-state index >= 15 is 0 Å². The van der Waals surface area contributed by atoms with E-state index in [-0.39, 0.29) is 0 Å². The fraction of sp³-hybridized carbons (Fsp3) is 0.667. The Labute approximate surface area is 107 Å². The fourth-order valence-electron chi connectivity index (χ4n) is 1.55. The van der Waals surface area contributed by atoms with Crippen LogP contribution in [0.5, 0.6) is 0 Å². The highest BCUT2D eigenvalue weighted by Gasteiger charge is 2.09. The van der Waals surface area contributed by atoms with Gasteiger partial charge in [-0.3, -0.25) is 0 Å². The van der Waals surface area contributed by atoms with Gasteiger partial charge < -0.3 is 10.1 Å². The van der Waals surface area contributed by atoms with Crippen molar-refractivity contribution < 1.29 is 4.74 Å². The van der Waals surface area contributed by atoms with Crippen LogP contribution in [0.25, 0.3) is 0 Å². The van der Waals surface area contributed by atoms with E-state index in [0.29, 0.717) is 6.04 Å². The third-order valence-corrected chi connectivity index (χ3v) is 3.49. The summed E-state index contributed by atoms with van der Waals surface area (Å²) >= 11 is 7.57. The highest BCUT2D eigenvalue weighted by Crippen LogP contribution is 2.22. The molecular formula is C12H20ClNOS. The van der Waals surface area contributed by atoms with Gasteiger partial charge in [0.25, 0.3) is 0 Å². The SMILES string of the molecule is CCCOCC(Cc1ccc(Cl)s1)NCC. The monoisotopic (exact) mass is 261 g/mol.